The van der Waals surface area contributed by atoms with Gasteiger partial charge in [-0.3, -0.25) is 5.32 Å². The van der Waals surface area contributed by atoms with Crippen LogP contribution in [0.1, 0.15) is 0 Å². The summed E-state index contributed by atoms with van der Waals surface area (Å²) in [6.07, 6.45) is 0. The molecule has 0 radical (unpaired) electrons. The van der Waals surface area contributed by atoms with Gasteiger partial charge >= 0.3 is 0 Å². The summed E-state index contributed by atoms with van der Waals surface area (Å²) in [5.74, 6) is 0.368. The predicted octanol–water partition coefficient (Wildman–Crippen LogP) is -0.893. The van der Waals surface area contributed by atoms with Crippen LogP contribution in [0.25, 0.3) is 0 Å². The molecule has 0 fully saturated rings. The SMILES string of the molecule is O=S1(O)=CNCC1. The number of nitrogens with one attached hydrogen (secondary N) is 1. The number of hydrogen-bond acceptors (Lipinski definition) is 2. The molecule has 1 aliphatic rings. The van der Waals surface area contributed by atoms with Crippen molar-refractivity contribution in [1.82, 2.24) is 5.32 Å². The van der Waals surface area contributed by atoms with Crippen LogP contribution in [0.15, 0.2) is 0 Å². The molecule has 0 saturated heterocycles. The van der Waals surface area contributed by atoms with Gasteiger partial charge in [-0.15, -0.1) is 0 Å². The van der Waals surface area contributed by atoms with E-state index < -0.39 is 9.80 Å². The third-order valence-electron chi connectivity index (χ3n) is 0.806. The maximum Gasteiger partial charge on any atom is 0.0929 e. The van der Waals surface area contributed by atoms with Gasteiger partial charge in [-0.1, -0.05) is 0 Å². The zero-order valence-electron chi connectivity index (χ0n) is 3.76. The maximum absolute atomic E-state index is 10.4. The molecular formula is C3H7NO2S. The molecule has 1 aliphatic heterocycles. The summed E-state index contributed by atoms with van der Waals surface area (Å²) < 4.78 is 19.0. The van der Waals surface area contributed by atoms with Gasteiger partial charge in [0.1, 0.15) is 0 Å². The molecule has 0 amide bonds. The van der Waals surface area contributed by atoms with E-state index in [1.807, 2.05) is 0 Å². The summed E-state index contributed by atoms with van der Waals surface area (Å²) in [4.78, 5) is 0. The quantitative estimate of drug-likeness (QED) is 0.409. The van der Waals surface area contributed by atoms with Gasteiger partial charge in [0.15, 0.2) is 0 Å². The Morgan fingerprint density at radius 1 is 1.86 bits per heavy atom. The van der Waals surface area contributed by atoms with Crippen molar-refractivity contribution in [1.29, 1.82) is 0 Å². The summed E-state index contributed by atoms with van der Waals surface area (Å²) >= 11 is 0. The Kier molecular flexibility index (Phi) is 1.07. The third-order valence-corrected chi connectivity index (χ3v) is 2.13. The number of hydrogen-bond donors (Lipinski definition) is 2. The van der Waals surface area contributed by atoms with Crippen LogP contribution < -0.4 is 5.32 Å². The average Bonchev–Trinajstić information content (AvgIpc) is 1.84. The molecule has 42 valence electrons. The highest BCUT2D eigenvalue weighted by atomic mass is 32.2. The van der Waals surface area contributed by atoms with E-state index in [1.165, 1.54) is 5.49 Å². The maximum atomic E-state index is 10.4. The number of rotatable bonds is 0. The van der Waals surface area contributed by atoms with Crippen molar-refractivity contribution in [2.24, 2.45) is 0 Å². The first kappa shape index (κ1) is 5.08. The second kappa shape index (κ2) is 1.47. The van der Waals surface area contributed by atoms with Crippen LogP contribution in [0, 0.1) is 0 Å². The van der Waals surface area contributed by atoms with Gasteiger partial charge in [0.25, 0.3) is 0 Å². The summed E-state index contributed by atoms with van der Waals surface area (Å²) in [6, 6.07) is 0. The summed E-state index contributed by atoms with van der Waals surface area (Å²) in [7, 11) is -2.53. The molecule has 1 rings (SSSR count). The molecule has 0 aromatic heterocycles. The molecule has 0 bridgehead atoms. The molecule has 7 heavy (non-hydrogen) atoms. The lowest BCUT2D eigenvalue weighted by atomic mass is 10.8. The Labute approximate surface area is 42.6 Å². The van der Waals surface area contributed by atoms with Crippen molar-refractivity contribution in [3.05, 3.63) is 0 Å². The highest BCUT2D eigenvalue weighted by molar-refractivity contribution is 7.96. The van der Waals surface area contributed by atoms with Crippen molar-refractivity contribution >= 4 is 15.3 Å². The van der Waals surface area contributed by atoms with E-state index in [0.717, 1.165) is 0 Å². The predicted molar refractivity (Wildman–Crippen MR) is 29.7 cm³/mol. The van der Waals surface area contributed by atoms with Crippen molar-refractivity contribution in [3.63, 3.8) is 0 Å². The van der Waals surface area contributed by atoms with Crippen LogP contribution >= 0.6 is 0 Å². The molecule has 0 spiro atoms. The summed E-state index contributed by atoms with van der Waals surface area (Å²) in [5.41, 5.74) is 1.26. The van der Waals surface area contributed by atoms with Crippen LogP contribution in [0.2, 0.25) is 0 Å². The molecule has 0 aromatic carbocycles. The normalized spacial score (nSPS) is 40.7. The zero-order valence-corrected chi connectivity index (χ0v) is 4.57. The van der Waals surface area contributed by atoms with E-state index in [2.05, 4.69) is 5.32 Å². The molecule has 3 nitrogen and oxygen atoms in total. The van der Waals surface area contributed by atoms with Crippen molar-refractivity contribution in [3.8, 4) is 0 Å². The fourth-order valence-electron chi connectivity index (χ4n) is 0.453. The largest absolute Gasteiger partial charge is 0.313 e. The van der Waals surface area contributed by atoms with E-state index >= 15 is 0 Å². The summed E-state index contributed by atoms with van der Waals surface area (Å²) in [5, 5.41) is 2.66. The topological polar surface area (TPSA) is 49.3 Å². The molecule has 1 atom stereocenters. The Morgan fingerprint density at radius 3 is 2.71 bits per heavy atom. The van der Waals surface area contributed by atoms with Gasteiger partial charge in [-0.05, 0) is 0 Å². The van der Waals surface area contributed by atoms with E-state index in [-0.39, 0.29) is 0 Å². The minimum Gasteiger partial charge on any atom is -0.313 e. The smallest absolute Gasteiger partial charge is 0.0929 e. The highest BCUT2D eigenvalue weighted by Crippen LogP contribution is 1.85. The Morgan fingerprint density at radius 2 is 2.57 bits per heavy atom. The average molecular weight is 121 g/mol. The van der Waals surface area contributed by atoms with E-state index in [4.69, 9.17) is 4.55 Å². The molecule has 1 heterocycles. The van der Waals surface area contributed by atoms with E-state index in [1.54, 1.807) is 0 Å². The van der Waals surface area contributed by atoms with Crippen LogP contribution in [0.4, 0.5) is 0 Å². The Balaban J connectivity index is 2.90. The zero-order chi connectivity index (χ0) is 5.33. The van der Waals surface area contributed by atoms with Crippen LogP contribution in [-0.4, -0.2) is 26.6 Å². The monoisotopic (exact) mass is 121 g/mol. The van der Waals surface area contributed by atoms with Gasteiger partial charge in [-0.2, -0.15) is 0 Å². The molecule has 4 heteroatoms. The van der Waals surface area contributed by atoms with Gasteiger partial charge in [-0.25, -0.2) is 4.21 Å². The highest BCUT2D eigenvalue weighted by Gasteiger charge is 2.05. The lowest BCUT2D eigenvalue weighted by molar-refractivity contribution is 0.562. The van der Waals surface area contributed by atoms with Crippen molar-refractivity contribution in [2.75, 3.05) is 12.3 Å². The summed E-state index contributed by atoms with van der Waals surface area (Å²) in [6.45, 7) is 0.634. The lowest BCUT2D eigenvalue weighted by Gasteiger charge is -1.85. The fourth-order valence-corrected chi connectivity index (χ4v) is 1.36. The first-order valence-electron chi connectivity index (χ1n) is 2.02. The van der Waals surface area contributed by atoms with Crippen LogP contribution in [0.5, 0.6) is 0 Å². The second-order valence-electron chi connectivity index (χ2n) is 1.47. The van der Waals surface area contributed by atoms with Gasteiger partial charge in [0, 0.05) is 6.54 Å². The standard InChI is InChI=1S/C3H7NO2S/c5-7(6)2-1-4-3-7/h3-4H,1-2H2,(H,5,6). The minimum absolute atomic E-state index is 0.368. The molecule has 2 N–H and O–H groups in total. The molecule has 1 unspecified atom stereocenters. The Bertz CT molecular complexity index is 168. The van der Waals surface area contributed by atoms with Crippen LogP contribution in [-0.2, 0) is 9.80 Å². The van der Waals surface area contributed by atoms with E-state index in [9.17, 15) is 4.21 Å². The minimum atomic E-state index is -2.53. The fraction of sp³-hybridized carbons (Fsp3) is 0.667. The van der Waals surface area contributed by atoms with Crippen molar-refractivity contribution in [2.45, 2.75) is 0 Å². The third kappa shape index (κ3) is 1.15. The van der Waals surface area contributed by atoms with E-state index in [0.29, 0.717) is 12.3 Å². The first-order chi connectivity index (χ1) is 3.21. The molecule has 0 aromatic rings. The molecular weight excluding hydrogens is 114 g/mol. The molecule has 0 saturated carbocycles. The lowest BCUT2D eigenvalue weighted by Crippen LogP contribution is -2.05. The van der Waals surface area contributed by atoms with Gasteiger partial charge < -0.3 is 4.55 Å². The molecule has 0 aliphatic carbocycles. The first-order valence-corrected chi connectivity index (χ1v) is 3.76. The van der Waals surface area contributed by atoms with Gasteiger partial charge in [0.05, 0.1) is 21.0 Å². The second-order valence-corrected chi connectivity index (χ2v) is 3.49. The van der Waals surface area contributed by atoms with Crippen LogP contribution in [0.3, 0.4) is 0 Å². The van der Waals surface area contributed by atoms with Gasteiger partial charge in [0.2, 0.25) is 0 Å². The van der Waals surface area contributed by atoms with Crippen molar-refractivity contribution < 1.29 is 8.76 Å². The Hall–Kier alpha value is -0.0600.